The number of carbonyl (C=O) groups excluding carboxylic acids is 1. The molecule has 0 aliphatic carbocycles. The van der Waals surface area contributed by atoms with Gasteiger partial charge in [0.2, 0.25) is 0 Å². The number of hydrogen-bond acceptors (Lipinski definition) is 7. The number of pyridine rings is 1. The maximum atomic E-state index is 12.8. The van der Waals surface area contributed by atoms with Gasteiger partial charge in [0.15, 0.2) is 0 Å². The van der Waals surface area contributed by atoms with E-state index in [-0.39, 0.29) is 5.91 Å². The first-order chi connectivity index (χ1) is 14.6. The number of aryl methyl sites for hydroxylation is 1. The van der Waals surface area contributed by atoms with Crippen LogP contribution in [-0.4, -0.2) is 48.9 Å². The van der Waals surface area contributed by atoms with Gasteiger partial charge in [0.05, 0.1) is 49.8 Å². The molecule has 1 amide bonds. The smallest absolute Gasteiger partial charge is 0.303 e. The average Bonchev–Trinajstić information content (AvgIpc) is 3.12. The van der Waals surface area contributed by atoms with Crippen molar-refractivity contribution in [3.05, 3.63) is 59.4 Å². The van der Waals surface area contributed by atoms with E-state index in [1.807, 2.05) is 42.3 Å². The van der Waals surface area contributed by atoms with Gasteiger partial charge >= 0.3 is 6.02 Å². The van der Waals surface area contributed by atoms with Crippen LogP contribution in [0.1, 0.15) is 21.6 Å². The second kappa shape index (κ2) is 8.32. The highest BCUT2D eigenvalue weighted by Crippen LogP contribution is 2.21. The minimum atomic E-state index is -0.168. The fraction of sp³-hybridized carbons (Fsp3) is 0.286. The summed E-state index contributed by atoms with van der Waals surface area (Å²) in [6.45, 7) is 3.66. The molecular formula is C21H24N6O3. The second-order valence-corrected chi connectivity index (χ2v) is 6.86. The zero-order valence-electron chi connectivity index (χ0n) is 17.2. The van der Waals surface area contributed by atoms with Crippen LogP contribution in [0.4, 0.5) is 5.69 Å². The number of amides is 1. The monoisotopic (exact) mass is 408 g/mol. The molecule has 0 saturated carbocycles. The van der Waals surface area contributed by atoms with Crippen molar-refractivity contribution in [2.45, 2.75) is 13.5 Å². The van der Waals surface area contributed by atoms with Gasteiger partial charge in [-0.05, 0) is 30.7 Å². The van der Waals surface area contributed by atoms with Gasteiger partial charge in [-0.25, -0.2) is 9.51 Å². The lowest BCUT2D eigenvalue weighted by Crippen LogP contribution is -2.48. The standard InChI is InChI=1S/C21H24N6O3/c1-14-19(18-12-17(29-2)8-10-27(18)24-14)20(28)23-13-15-4-6-16(7-5-15)26-11-9-22-21(25-26)30-3/h4-8,10,12H,9,11,13H2,1-3H3,(H,22,25)(H,23,28). The molecule has 0 radical (unpaired) electrons. The van der Waals surface area contributed by atoms with Gasteiger partial charge < -0.3 is 14.8 Å². The number of aromatic nitrogens is 2. The van der Waals surface area contributed by atoms with Crippen LogP contribution in [0, 0.1) is 6.92 Å². The number of hydrazine groups is 1. The Morgan fingerprint density at radius 1 is 1.20 bits per heavy atom. The lowest BCUT2D eigenvalue weighted by atomic mass is 10.1. The number of methoxy groups -OCH3 is 2. The minimum absolute atomic E-state index is 0.168. The van der Waals surface area contributed by atoms with E-state index >= 15 is 0 Å². The van der Waals surface area contributed by atoms with Crippen molar-refractivity contribution in [1.82, 2.24) is 20.4 Å². The molecule has 3 heterocycles. The Morgan fingerprint density at radius 2 is 2.00 bits per heavy atom. The van der Waals surface area contributed by atoms with Gasteiger partial charge in [-0.1, -0.05) is 12.1 Å². The molecule has 1 aliphatic rings. The number of nitrogens with zero attached hydrogens (tertiary/aromatic N) is 4. The molecule has 0 fully saturated rings. The van der Waals surface area contributed by atoms with Gasteiger partial charge in [-0.2, -0.15) is 5.10 Å². The Labute approximate surface area is 174 Å². The molecule has 9 nitrogen and oxygen atoms in total. The van der Waals surface area contributed by atoms with Crippen LogP contribution in [0.5, 0.6) is 5.75 Å². The van der Waals surface area contributed by atoms with Gasteiger partial charge in [0.25, 0.3) is 5.91 Å². The SMILES string of the molecule is COC1=NCCN(c2ccc(CNC(=O)c3c(C)nn4ccc(OC)cc34)cc2)N1. The van der Waals surface area contributed by atoms with Gasteiger partial charge in [0.1, 0.15) is 5.75 Å². The molecular weight excluding hydrogens is 384 g/mol. The molecule has 0 saturated heterocycles. The molecule has 1 aliphatic heterocycles. The third-order valence-corrected chi connectivity index (χ3v) is 4.95. The molecule has 1 aromatic carbocycles. The number of hydrogen-bond donors (Lipinski definition) is 2. The number of rotatable bonds is 5. The quantitative estimate of drug-likeness (QED) is 0.670. The molecule has 156 valence electrons. The third kappa shape index (κ3) is 3.86. The zero-order valence-corrected chi connectivity index (χ0v) is 17.2. The first kappa shape index (κ1) is 19.6. The van der Waals surface area contributed by atoms with E-state index in [9.17, 15) is 4.79 Å². The Hall–Kier alpha value is -3.75. The van der Waals surface area contributed by atoms with E-state index in [2.05, 4.69) is 20.8 Å². The summed E-state index contributed by atoms with van der Waals surface area (Å²) in [5.41, 5.74) is 7.04. The number of nitrogens with one attached hydrogen (secondary N) is 2. The summed E-state index contributed by atoms with van der Waals surface area (Å²) in [7, 11) is 3.18. The van der Waals surface area contributed by atoms with E-state index < -0.39 is 0 Å². The maximum Gasteiger partial charge on any atom is 0.303 e. The van der Waals surface area contributed by atoms with E-state index in [4.69, 9.17) is 9.47 Å². The Bertz CT molecular complexity index is 1090. The Balaban J connectivity index is 1.44. The molecule has 2 aromatic heterocycles. The predicted octanol–water partition coefficient (Wildman–Crippen LogP) is 1.91. The van der Waals surface area contributed by atoms with Crippen LogP contribution in [0.2, 0.25) is 0 Å². The summed E-state index contributed by atoms with van der Waals surface area (Å²) < 4.78 is 12.1. The predicted molar refractivity (Wildman–Crippen MR) is 114 cm³/mol. The van der Waals surface area contributed by atoms with Crippen LogP contribution in [0.3, 0.4) is 0 Å². The summed E-state index contributed by atoms with van der Waals surface area (Å²) in [5, 5.41) is 9.37. The van der Waals surface area contributed by atoms with Crippen molar-refractivity contribution in [2.75, 3.05) is 32.3 Å². The summed E-state index contributed by atoms with van der Waals surface area (Å²) in [6, 6.07) is 12.1. The van der Waals surface area contributed by atoms with E-state index in [1.165, 1.54) is 0 Å². The number of fused-ring (bicyclic) bond motifs is 1. The number of carbonyl (C=O) groups is 1. The lowest BCUT2D eigenvalue weighted by molar-refractivity contribution is 0.0952. The number of amidine groups is 1. The van der Waals surface area contributed by atoms with Crippen LogP contribution >= 0.6 is 0 Å². The van der Waals surface area contributed by atoms with Gasteiger partial charge in [0, 0.05) is 18.8 Å². The van der Waals surface area contributed by atoms with Crippen molar-refractivity contribution in [3.8, 4) is 5.75 Å². The zero-order chi connectivity index (χ0) is 21.1. The highest BCUT2D eigenvalue weighted by molar-refractivity contribution is 6.02. The van der Waals surface area contributed by atoms with E-state index in [1.54, 1.807) is 31.0 Å². The van der Waals surface area contributed by atoms with Crippen LogP contribution in [-0.2, 0) is 11.3 Å². The summed E-state index contributed by atoms with van der Waals surface area (Å²) in [4.78, 5) is 17.1. The number of benzene rings is 1. The first-order valence-corrected chi connectivity index (χ1v) is 9.62. The van der Waals surface area contributed by atoms with Crippen LogP contribution < -0.4 is 20.5 Å². The molecule has 3 aromatic rings. The Kier molecular flexibility index (Phi) is 5.42. The van der Waals surface area contributed by atoms with Gasteiger partial charge in [-0.3, -0.25) is 15.2 Å². The molecule has 9 heteroatoms. The van der Waals surface area contributed by atoms with E-state index in [0.717, 1.165) is 17.8 Å². The molecule has 2 N–H and O–H groups in total. The fourth-order valence-electron chi connectivity index (χ4n) is 3.38. The maximum absolute atomic E-state index is 12.8. The van der Waals surface area contributed by atoms with Crippen molar-refractivity contribution < 1.29 is 14.3 Å². The van der Waals surface area contributed by atoms with Crippen molar-refractivity contribution in [2.24, 2.45) is 4.99 Å². The number of aliphatic imine (C=N–C) groups is 1. The first-order valence-electron chi connectivity index (χ1n) is 9.62. The normalized spacial score (nSPS) is 13.6. The highest BCUT2D eigenvalue weighted by Gasteiger charge is 2.18. The topological polar surface area (TPSA) is 92.5 Å². The Morgan fingerprint density at radius 3 is 2.73 bits per heavy atom. The highest BCUT2D eigenvalue weighted by atomic mass is 16.5. The average molecular weight is 408 g/mol. The number of anilines is 1. The fourth-order valence-corrected chi connectivity index (χ4v) is 3.38. The van der Waals surface area contributed by atoms with Gasteiger partial charge in [-0.15, -0.1) is 0 Å². The summed E-state index contributed by atoms with van der Waals surface area (Å²) >= 11 is 0. The molecule has 0 atom stereocenters. The second-order valence-electron chi connectivity index (χ2n) is 6.86. The van der Waals surface area contributed by atoms with Crippen molar-refractivity contribution in [3.63, 3.8) is 0 Å². The summed E-state index contributed by atoms with van der Waals surface area (Å²) in [5.74, 6) is 0.513. The number of ether oxygens (including phenoxy) is 2. The lowest BCUT2D eigenvalue weighted by Gasteiger charge is -2.29. The van der Waals surface area contributed by atoms with Crippen LogP contribution in [0.25, 0.3) is 5.52 Å². The largest absolute Gasteiger partial charge is 0.497 e. The summed E-state index contributed by atoms with van der Waals surface area (Å²) in [6.07, 6.45) is 1.78. The molecule has 30 heavy (non-hydrogen) atoms. The van der Waals surface area contributed by atoms with Crippen molar-refractivity contribution >= 4 is 23.1 Å². The molecule has 4 rings (SSSR count). The van der Waals surface area contributed by atoms with Crippen molar-refractivity contribution in [1.29, 1.82) is 0 Å². The molecule has 0 bridgehead atoms. The van der Waals surface area contributed by atoms with E-state index in [0.29, 0.717) is 41.6 Å². The molecule has 0 spiro atoms. The van der Waals surface area contributed by atoms with Crippen LogP contribution in [0.15, 0.2) is 47.6 Å². The molecule has 0 unspecified atom stereocenters. The minimum Gasteiger partial charge on any atom is -0.497 e. The third-order valence-electron chi connectivity index (χ3n) is 4.95.